The lowest BCUT2D eigenvalue weighted by Gasteiger charge is -1.90. The maximum Gasteiger partial charge on any atom is 0.103 e. The quantitative estimate of drug-likeness (QED) is 0.429. The summed E-state index contributed by atoms with van der Waals surface area (Å²) in [5, 5.41) is 0. The number of rotatable bonds is 5. The summed E-state index contributed by atoms with van der Waals surface area (Å²) in [6.07, 6.45) is 5.21. The van der Waals surface area contributed by atoms with E-state index in [1.54, 1.807) is 0 Å². The monoisotopic (exact) mass is 220 g/mol. The highest BCUT2D eigenvalue weighted by Crippen LogP contribution is 1.98. The van der Waals surface area contributed by atoms with Gasteiger partial charge in [-0.3, -0.25) is 0 Å². The van der Waals surface area contributed by atoms with E-state index in [-0.39, 0.29) is 0 Å². The summed E-state index contributed by atoms with van der Waals surface area (Å²) in [6.45, 7) is 28.9. The van der Waals surface area contributed by atoms with Gasteiger partial charge < -0.3 is 20.8 Å². The lowest BCUT2D eigenvalue weighted by Crippen LogP contribution is -1.69. The van der Waals surface area contributed by atoms with E-state index < -0.39 is 0 Å². The summed E-state index contributed by atoms with van der Waals surface area (Å²) in [5.41, 5.74) is 2.24. The molecule has 0 bridgehead atoms. The third-order valence-corrected chi connectivity index (χ3v) is 1.66. The zero-order valence-corrected chi connectivity index (χ0v) is 10.9. The molecule has 0 atom stereocenters. The third kappa shape index (κ3) is 29.2. The molecule has 0 aromatic carbocycles. The Morgan fingerprint density at radius 3 is 1.06 bits per heavy atom. The molecule has 0 aliphatic carbocycles. The zero-order valence-electron chi connectivity index (χ0n) is 10.9. The van der Waals surface area contributed by atoms with Gasteiger partial charge in [-0.25, -0.2) is 0 Å². The largest absolute Gasteiger partial charge is 0.339 e. The molecule has 0 N–H and O–H groups in total. The van der Waals surface area contributed by atoms with Gasteiger partial charge in [0.15, 0.2) is 0 Å². The SMILES string of the molecule is C=C(C[CH2+])C[CH2-].C=C(C[CH2+])C[CH2-].[CH2+]CC[CH2-]. The average molecular weight is 220 g/mol. The fourth-order valence-corrected chi connectivity index (χ4v) is 0.250. The van der Waals surface area contributed by atoms with E-state index >= 15 is 0 Å². The van der Waals surface area contributed by atoms with Crippen molar-refractivity contribution >= 4 is 0 Å². The summed E-state index contributed by atoms with van der Waals surface area (Å²) in [4.78, 5) is 0. The van der Waals surface area contributed by atoms with Crippen LogP contribution >= 0.6 is 0 Å². The molecule has 0 saturated carbocycles. The third-order valence-electron chi connectivity index (χ3n) is 1.66. The number of allylic oxidation sites excluding steroid dienone is 2. The van der Waals surface area contributed by atoms with Crippen LogP contribution in [-0.4, -0.2) is 0 Å². The smallest absolute Gasteiger partial charge is 0.103 e. The fourth-order valence-electron chi connectivity index (χ4n) is 0.250. The van der Waals surface area contributed by atoms with Gasteiger partial charge in [0, 0.05) is 0 Å². The molecule has 0 saturated heterocycles. The van der Waals surface area contributed by atoms with Gasteiger partial charge >= 0.3 is 0 Å². The minimum atomic E-state index is 0.823. The van der Waals surface area contributed by atoms with Crippen molar-refractivity contribution in [3.63, 3.8) is 0 Å². The number of unbranched alkanes of at least 4 members (excludes halogenated alkanes) is 1. The molecule has 0 aromatic rings. The highest BCUT2D eigenvalue weighted by Gasteiger charge is 1.79. The van der Waals surface area contributed by atoms with Crippen LogP contribution in [0.1, 0.15) is 38.5 Å². The van der Waals surface area contributed by atoms with Gasteiger partial charge in [0.05, 0.1) is 27.2 Å². The fraction of sp³-hybridized carbons (Fsp3) is 0.375. The van der Waals surface area contributed by atoms with Crippen molar-refractivity contribution in [2.45, 2.75) is 38.5 Å². The maximum absolute atomic E-state index is 3.67. The molecular weight excluding hydrogens is 192 g/mol. The van der Waals surface area contributed by atoms with Crippen LogP contribution in [0.5, 0.6) is 0 Å². The molecule has 0 unspecified atom stereocenters. The van der Waals surface area contributed by atoms with Crippen LogP contribution in [0.25, 0.3) is 0 Å². The van der Waals surface area contributed by atoms with E-state index in [9.17, 15) is 0 Å². The second-order valence-corrected chi connectivity index (χ2v) is 3.21. The van der Waals surface area contributed by atoms with Crippen LogP contribution < -0.4 is 0 Å². The number of hydrogen-bond acceptors (Lipinski definition) is 0. The summed E-state index contributed by atoms with van der Waals surface area (Å²) < 4.78 is 0. The maximum atomic E-state index is 3.67. The Balaban J connectivity index is -0.000000162. The average Bonchev–Trinajstić information content (AvgIpc) is 2.37. The zero-order chi connectivity index (χ0) is 13.4. The lowest BCUT2D eigenvalue weighted by atomic mass is 10.2. The minimum Gasteiger partial charge on any atom is -0.339 e. The second kappa shape index (κ2) is 19.6. The summed E-state index contributed by atoms with van der Waals surface area (Å²) in [6, 6.07) is 0. The summed E-state index contributed by atoms with van der Waals surface area (Å²) >= 11 is 0. The molecule has 0 rings (SSSR count). The van der Waals surface area contributed by atoms with Crippen LogP contribution in [0, 0.1) is 41.5 Å². The van der Waals surface area contributed by atoms with Gasteiger partial charge in [0.1, 0.15) is 12.8 Å². The van der Waals surface area contributed by atoms with Crippen molar-refractivity contribution in [3.8, 4) is 0 Å². The molecule has 92 valence electrons. The van der Waals surface area contributed by atoms with Gasteiger partial charge in [-0.1, -0.05) is 24.3 Å². The van der Waals surface area contributed by atoms with E-state index in [4.69, 9.17) is 0 Å². The predicted molar refractivity (Wildman–Crippen MR) is 78.1 cm³/mol. The van der Waals surface area contributed by atoms with Crippen molar-refractivity contribution in [3.05, 3.63) is 65.8 Å². The standard InChI is InChI=1S/2C6H10.C4H8/c2*1-4-6(3)5-2;1-3-4-2/h2*1-5H2;1-4H2. The van der Waals surface area contributed by atoms with Gasteiger partial charge in [0.2, 0.25) is 0 Å². The highest BCUT2D eigenvalue weighted by atomic mass is 13.8. The van der Waals surface area contributed by atoms with Crippen molar-refractivity contribution in [2.24, 2.45) is 0 Å². The molecule has 0 heteroatoms. The van der Waals surface area contributed by atoms with Crippen molar-refractivity contribution in [1.82, 2.24) is 0 Å². The molecule has 0 radical (unpaired) electrons. The topological polar surface area (TPSA) is 0 Å². The Labute approximate surface area is 105 Å². The molecule has 0 amide bonds. The minimum absolute atomic E-state index is 0.823. The van der Waals surface area contributed by atoms with E-state index in [0.29, 0.717) is 0 Å². The Bertz CT molecular complexity index is 112. The Hall–Kier alpha value is -0.910. The summed E-state index contributed by atoms with van der Waals surface area (Å²) in [7, 11) is 0. The van der Waals surface area contributed by atoms with E-state index in [2.05, 4.69) is 54.7 Å². The van der Waals surface area contributed by atoms with Gasteiger partial charge in [-0.05, 0) is 0 Å². The Morgan fingerprint density at radius 2 is 1.06 bits per heavy atom. The first kappa shape index (κ1) is 20.5. The first-order valence-electron chi connectivity index (χ1n) is 5.62. The van der Waals surface area contributed by atoms with E-state index in [1.165, 1.54) is 0 Å². The molecule has 0 spiro atoms. The van der Waals surface area contributed by atoms with Crippen LogP contribution in [0.15, 0.2) is 24.3 Å². The van der Waals surface area contributed by atoms with Crippen LogP contribution in [0.2, 0.25) is 0 Å². The van der Waals surface area contributed by atoms with Crippen LogP contribution in [-0.2, 0) is 0 Å². The van der Waals surface area contributed by atoms with Gasteiger partial charge in [0.25, 0.3) is 0 Å². The van der Waals surface area contributed by atoms with Crippen LogP contribution in [0.4, 0.5) is 0 Å². The number of hydrogen-bond donors (Lipinski definition) is 0. The van der Waals surface area contributed by atoms with Crippen molar-refractivity contribution in [1.29, 1.82) is 0 Å². The van der Waals surface area contributed by atoms with Gasteiger partial charge in [-0.15, -0.1) is 6.42 Å². The molecular formula is C16H28. The molecule has 0 aliphatic rings. The first-order valence-corrected chi connectivity index (χ1v) is 5.62. The molecule has 0 heterocycles. The first-order chi connectivity index (χ1) is 7.53. The van der Waals surface area contributed by atoms with Crippen LogP contribution in [0.3, 0.4) is 0 Å². The van der Waals surface area contributed by atoms with E-state index in [0.717, 1.165) is 49.7 Å². The molecule has 0 fully saturated rings. The highest BCUT2D eigenvalue weighted by molar-refractivity contribution is 4.95. The van der Waals surface area contributed by atoms with Crippen molar-refractivity contribution in [2.75, 3.05) is 0 Å². The molecule has 16 heavy (non-hydrogen) atoms. The predicted octanol–water partition coefficient (Wildman–Crippen LogP) is 5.42. The molecule has 0 aromatic heterocycles. The van der Waals surface area contributed by atoms with E-state index in [1.807, 2.05) is 0 Å². The summed E-state index contributed by atoms with van der Waals surface area (Å²) in [5.74, 6) is 0. The Morgan fingerprint density at radius 1 is 0.812 bits per heavy atom. The lowest BCUT2D eigenvalue weighted by molar-refractivity contribution is 1.05. The molecule has 0 aliphatic heterocycles. The second-order valence-electron chi connectivity index (χ2n) is 3.21. The van der Waals surface area contributed by atoms with Gasteiger partial charge in [-0.2, -0.15) is 12.8 Å². The van der Waals surface area contributed by atoms with Crippen molar-refractivity contribution < 1.29 is 0 Å². The Kier molecular flexibility index (Phi) is 25.1. The normalized spacial score (nSPS) is 7.94. The molecule has 0 nitrogen and oxygen atoms in total.